The van der Waals surface area contributed by atoms with Gasteiger partial charge in [-0.05, 0) is 24.5 Å². The minimum absolute atomic E-state index is 0.118. The Labute approximate surface area is 82.5 Å². The molecule has 1 aromatic heterocycles. The van der Waals surface area contributed by atoms with Gasteiger partial charge in [0.1, 0.15) is 5.82 Å². The van der Waals surface area contributed by atoms with Crippen molar-refractivity contribution in [3.05, 3.63) is 18.3 Å². The number of hydrogen-bond acceptors (Lipinski definition) is 2. The van der Waals surface area contributed by atoms with Gasteiger partial charge in [-0.25, -0.2) is 0 Å². The standard InChI is InChI=1S/C10H14N2O2/c1-12(9-3-2-4-11-9)6-7-5-8(7)10(13)14/h2-4,7-8,11H,5-6H2,1H3,(H,13,14). The average molecular weight is 194 g/mol. The molecule has 1 heterocycles. The molecule has 2 atom stereocenters. The van der Waals surface area contributed by atoms with E-state index in [1.54, 1.807) is 0 Å². The molecule has 1 saturated carbocycles. The van der Waals surface area contributed by atoms with Gasteiger partial charge < -0.3 is 15.0 Å². The van der Waals surface area contributed by atoms with Crippen molar-refractivity contribution < 1.29 is 9.90 Å². The van der Waals surface area contributed by atoms with Crippen LogP contribution in [0.4, 0.5) is 5.82 Å². The van der Waals surface area contributed by atoms with Crippen LogP contribution in [0.2, 0.25) is 0 Å². The van der Waals surface area contributed by atoms with Crippen molar-refractivity contribution in [2.45, 2.75) is 6.42 Å². The second-order valence-corrected chi connectivity index (χ2v) is 3.88. The van der Waals surface area contributed by atoms with E-state index in [-0.39, 0.29) is 5.92 Å². The molecule has 1 aromatic rings. The number of nitrogens with one attached hydrogen (secondary N) is 1. The molecule has 0 saturated heterocycles. The molecule has 2 rings (SSSR count). The minimum Gasteiger partial charge on any atom is -0.481 e. The van der Waals surface area contributed by atoms with Gasteiger partial charge in [0, 0.05) is 19.8 Å². The topological polar surface area (TPSA) is 56.3 Å². The molecule has 1 fully saturated rings. The van der Waals surface area contributed by atoms with Gasteiger partial charge in [0.05, 0.1) is 5.92 Å². The van der Waals surface area contributed by atoms with E-state index in [4.69, 9.17) is 5.11 Å². The molecule has 2 unspecified atom stereocenters. The first kappa shape index (κ1) is 9.12. The van der Waals surface area contributed by atoms with Crippen LogP contribution in [0, 0.1) is 11.8 Å². The number of H-pyrrole nitrogens is 1. The van der Waals surface area contributed by atoms with Crippen LogP contribution in [-0.4, -0.2) is 29.7 Å². The summed E-state index contributed by atoms with van der Waals surface area (Å²) in [6.45, 7) is 0.817. The lowest BCUT2D eigenvalue weighted by Gasteiger charge is -2.16. The number of aromatic nitrogens is 1. The molecule has 0 bridgehead atoms. The summed E-state index contributed by atoms with van der Waals surface area (Å²) in [5.74, 6) is 0.587. The Morgan fingerprint density at radius 3 is 3.07 bits per heavy atom. The van der Waals surface area contributed by atoms with Crippen molar-refractivity contribution in [1.82, 2.24) is 4.98 Å². The number of carbonyl (C=O) groups is 1. The highest BCUT2D eigenvalue weighted by molar-refractivity contribution is 5.73. The summed E-state index contributed by atoms with van der Waals surface area (Å²) in [7, 11) is 1.98. The van der Waals surface area contributed by atoms with Gasteiger partial charge in [-0.15, -0.1) is 0 Å². The van der Waals surface area contributed by atoms with Crippen LogP contribution in [0.15, 0.2) is 18.3 Å². The third-order valence-corrected chi connectivity index (χ3v) is 2.74. The zero-order valence-electron chi connectivity index (χ0n) is 8.10. The van der Waals surface area contributed by atoms with Crippen molar-refractivity contribution in [3.8, 4) is 0 Å². The normalized spacial score (nSPS) is 24.6. The van der Waals surface area contributed by atoms with E-state index >= 15 is 0 Å². The van der Waals surface area contributed by atoms with Gasteiger partial charge in [-0.3, -0.25) is 4.79 Å². The van der Waals surface area contributed by atoms with Crippen molar-refractivity contribution >= 4 is 11.8 Å². The van der Waals surface area contributed by atoms with Crippen molar-refractivity contribution in [2.24, 2.45) is 11.8 Å². The van der Waals surface area contributed by atoms with E-state index < -0.39 is 5.97 Å². The summed E-state index contributed by atoms with van der Waals surface area (Å²) in [6.07, 6.45) is 2.69. The third kappa shape index (κ3) is 1.73. The second kappa shape index (κ2) is 3.36. The second-order valence-electron chi connectivity index (χ2n) is 3.88. The highest BCUT2D eigenvalue weighted by atomic mass is 16.4. The SMILES string of the molecule is CN(CC1CC1C(=O)O)c1ccc[nH]1. The van der Waals surface area contributed by atoms with Crippen LogP contribution in [0.3, 0.4) is 0 Å². The van der Waals surface area contributed by atoms with Crippen LogP contribution in [0.25, 0.3) is 0 Å². The maximum absolute atomic E-state index is 10.6. The van der Waals surface area contributed by atoms with Gasteiger partial charge in [0.25, 0.3) is 0 Å². The minimum atomic E-state index is -0.658. The number of aromatic amines is 1. The number of anilines is 1. The van der Waals surface area contributed by atoms with Crippen LogP contribution in [0.1, 0.15) is 6.42 Å². The van der Waals surface area contributed by atoms with Gasteiger partial charge in [-0.1, -0.05) is 0 Å². The number of aliphatic carboxylic acids is 1. The molecular formula is C10H14N2O2. The molecule has 1 aliphatic carbocycles. The van der Waals surface area contributed by atoms with Crippen LogP contribution < -0.4 is 4.90 Å². The van der Waals surface area contributed by atoms with Gasteiger partial charge in [-0.2, -0.15) is 0 Å². The molecule has 1 aliphatic rings. The summed E-state index contributed by atoms with van der Waals surface area (Å²) in [5.41, 5.74) is 0. The summed E-state index contributed by atoms with van der Waals surface area (Å²) in [6, 6.07) is 3.92. The van der Waals surface area contributed by atoms with Gasteiger partial charge >= 0.3 is 5.97 Å². The van der Waals surface area contributed by atoms with E-state index in [0.29, 0.717) is 5.92 Å². The Kier molecular flexibility index (Phi) is 2.19. The molecular weight excluding hydrogens is 180 g/mol. The maximum atomic E-state index is 10.6. The molecule has 0 aliphatic heterocycles. The van der Waals surface area contributed by atoms with Gasteiger partial charge in [0.2, 0.25) is 0 Å². The fourth-order valence-corrected chi connectivity index (χ4v) is 1.76. The number of rotatable bonds is 4. The number of carboxylic acids is 1. The zero-order valence-corrected chi connectivity index (χ0v) is 8.10. The Hall–Kier alpha value is -1.45. The predicted octanol–water partition coefficient (Wildman–Crippen LogP) is 1.17. The lowest BCUT2D eigenvalue weighted by Crippen LogP contribution is -2.21. The fourth-order valence-electron chi connectivity index (χ4n) is 1.76. The summed E-state index contributed by atoms with van der Waals surface area (Å²) < 4.78 is 0. The largest absolute Gasteiger partial charge is 0.481 e. The molecule has 14 heavy (non-hydrogen) atoms. The first-order chi connectivity index (χ1) is 6.68. The Morgan fingerprint density at radius 1 is 1.79 bits per heavy atom. The quantitative estimate of drug-likeness (QED) is 0.756. The van der Waals surface area contributed by atoms with Crippen molar-refractivity contribution in [2.75, 3.05) is 18.5 Å². The highest BCUT2D eigenvalue weighted by Gasteiger charge is 2.43. The van der Waals surface area contributed by atoms with Gasteiger partial charge in [0.15, 0.2) is 0 Å². The van der Waals surface area contributed by atoms with E-state index in [2.05, 4.69) is 9.88 Å². The fraction of sp³-hybridized carbons (Fsp3) is 0.500. The maximum Gasteiger partial charge on any atom is 0.306 e. The Bertz CT molecular complexity index is 321. The number of nitrogens with zero attached hydrogens (tertiary/aromatic N) is 1. The van der Waals surface area contributed by atoms with Crippen LogP contribution >= 0.6 is 0 Å². The van der Waals surface area contributed by atoms with Crippen LogP contribution in [-0.2, 0) is 4.79 Å². The van der Waals surface area contributed by atoms with Crippen LogP contribution in [0.5, 0.6) is 0 Å². The average Bonchev–Trinajstić information content (AvgIpc) is 2.70. The zero-order chi connectivity index (χ0) is 10.1. The predicted molar refractivity (Wildman–Crippen MR) is 53.3 cm³/mol. The first-order valence-electron chi connectivity index (χ1n) is 4.76. The molecule has 4 nitrogen and oxygen atoms in total. The monoisotopic (exact) mass is 194 g/mol. The lowest BCUT2D eigenvalue weighted by molar-refractivity contribution is -0.138. The first-order valence-corrected chi connectivity index (χ1v) is 4.76. The molecule has 76 valence electrons. The van der Waals surface area contributed by atoms with Crippen molar-refractivity contribution in [1.29, 1.82) is 0 Å². The van der Waals surface area contributed by atoms with E-state index in [9.17, 15) is 4.79 Å². The Balaban J connectivity index is 1.85. The molecule has 0 aromatic carbocycles. The molecule has 0 radical (unpaired) electrons. The van der Waals surface area contributed by atoms with Crippen molar-refractivity contribution in [3.63, 3.8) is 0 Å². The summed E-state index contributed by atoms with van der Waals surface area (Å²) in [4.78, 5) is 15.8. The lowest BCUT2D eigenvalue weighted by atomic mass is 10.3. The number of carboxylic acid groups (broad SMARTS) is 1. The third-order valence-electron chi connectivity index (χ3n) is 2.74. The molecule has 4 heteroatoms. The molecule has 0 spiro atoms. The Morgan fingerprint density at radius 2 is 2.57 bits per heavy atom. The molecule has 0 amide bonds. The highest BCUT2D eigenvalue weighted by Crippen LogP contribution is 2.39. The van der Waals surface area contributed by atoms with E-state index in [1.165, 1.54) is 0 Å². The van der Waals surface area contributed by atoms with E-state index in [0.717, 1.165) is 18.8 Å². The summed E-state index contributed by atoms with van der Waals surface area (Å²) in [5, 5.41) is 8.74. The molecule has 2 N–H and O–H groups in total. The smallest absolute Gasteiger partial charge is 0.306 e. The van der Waals surface area contributed by atoms with E-state index in [1.807, 2.05) is 25.4 Å². The number of hydrogen-bond donors (Lipinski definition) is 2. The summed E-state index contributed by atoms with van der Waals surface area (Å²) >= 11 is 0.